The topological polar surface area (TPSA) is 54.8 Å². The summed E-state index contributed by atoms with van der Waals surface area (Å²) in [6.45, 7) is 1.47. The fraction of sp³-hybridized carbons (Fsp3) is 0.133. The average molecular weight is 393 g/mol. The molecule has 1 unspecified atom stereocenters. The number of nitrogens with zero attached hydrogens (tertiary/aromatic N) is 3. The highest BCUT2D eigenvalue weighted by atomic mass is 127. The zero-order chi connectivity index (χ0) is 14.8. The number of carbonyl (C=O) groups is 1. The van der Waals surface area contributed by atoms with Gasteiger partial charge >= 0.3 is 0 Å². The van der Waals surface area contributed by atoms with E-state index in [9.17, 15) is 4.79 Å². The highest BCUT2D eigenvalue weighted by Gasteiger charge is 2.32. The summed E-state index contributed by atoms with van der Waals surface area (Å²) in [6, 6.07) is 11.4. The van der Waals surface area contributed by atoms with Gasteiger partial charge in [0.15, 0.2) is 0 Å². The first kappa shape index (κ1) is 14.0. The number of amides is 1. The van der Waals surface area contributed by atoms with E-state index in [2.05, 4.69) is 32.7 Å². The van der Waals surface area contributed by atoms with E-state index in [1.165, 1.54) is 11.9 Å². The van der Waals surface area contributed by atoms with Crippen molar-refractivity contribution in [2.75, 3.05) is 0 Å². The third-order valence-corrected chi connectivity index (χ3v) is 3.70. The van der Waals surface area contributed by atoms with Crippen molar-refractivity contribution in [2.24, 2.45) is 5.10 Å². The number of carbonyl (C=O) groups excluding carboxylic acids is 1. The van der Waals surface area contributed by atoms with Crippen LogP contribution in [-0.2, 0) is 9.53 Å². The second kappa shape index (κ2) is 5.80. The molecule has 0 fully saturated rings. The molecule has 5 nitrogen and oxygen atoms in total. The van der Waals surface area contributed by atoms with Gasteiger partial charge in [-0.15, -0.1) is 5.10 Å². The third-order valence-electron chi connectivity index (χ3n) is 3.03. The van der Waals surface area contributed by atoms with Crippen molar-refractivity contribution in [3.63, 3.8) is 0 Å². The first-order chi connectivity index (χ1) is 10.1. The molecule has 1 aromatic heterocycles. The number of hydrogen-bond acceptors (Lipinski definition) is 4. The zero-order valence-corrected chi connectivity index (χ0v) is 13.4. The van der Waals surface area contributed by atoms with Crippen LogP contribution in [0.3, 0.4) is 0 Å². The molecule has 106 valence electrons. The summed E-state index contributed by atoms with van der Waals surface area (Å²) in [5, 5.41) is 5.66. The van der Waals surface area contributed by atoms with Crippen LogP contribution in [-0.4, -0.2) is 21.8 Å². The fourth-order valence-electron chi connectivity index (χ4n) is 2.05. The van der Waals surface area contributed by atoms with E-state index < -0.39 is 6.23 Å². The van der Waals surface area contributed by atoms with E-state index >= 15 is 0 Å². The lowest BCUT2D eigenvalue weighted by atomic mass is 10.2. The normalized spacial score (nSPS) is 17.3. The number of hydrazone groups is 1. The molecule has 1 aromatic carbocycles. The summed E-state index contributed by atoms with van der Waals surface area (Å²) in [5.74, 6) is 0.281. The average Bonchev–Trinajstić information content (AvgIpc) is 2.93. The Morgan fingerprint density at radius 1 is 1.29 bits per heavy atom. The number of ether oxygens (including phenoxy) is 1. The number of aromatic nitrogens is 1. The van der Waals surface area contributed by atoms with E-state index in [1.807, 2.05) is 36.4 Å². The zero-order valence-electron chi connectivity index (χ0n) is 11.2. The second-order valence-corrected chi connectivity index (χ2v) is 5.78. The molecule has 0 bridgehead atoms. The standard InChI is InChI=1S/C15H12IN3O2/c1-10(20)19-15(11-5-7-17-8-6-11)21-14(18-19)12-3-2-4-13(16)9-12/h2-9,15H,1H3. The van der Waals surface area contributed by atoms with Gasteiger partial charge in [0.1, 0.15) is 0 Å². The second-order valence-electron chi connectivity index (χ2n) is 4.53. The van der Waals surface area contributed by atoms with E-state index in [1.54, 1.807) is 12.4 Å². The molecule has 6 heteroatoms. The molecule has 2 aromatic rings. The Bertz CT molecular complexity index is 703. The Morgan fingerprint density at radius 2 is 2.05 bits per heavy atom. The van der Waals surface area contributed by atoms with Crippen molar-refractivity contribution in [1.29, 1.82) is 0 Å². The first-order valence-electron chi connectivity index (χ1n) is 6.36. The highest BCUT2D eigenvalue weighted by molar-refractivity contribution is 14.1. The van der Waals surface area contributed by atoms with Crippen molar-refractivity contribution in [3.8, 4) is 0 Å². The molecule has 0 radical (unpaired) electrons. The predicted octanol–water partition coefficient (Wildman–Crippen LogP) is 2.93. The lowest BCUT2D eigenvalue weighted by Gasteiger charge is -2.18. The maximum absolute atomic E-state index is 11.8. The van der Waals surface area contributed by atoms with Gasteiger partial charge in [-0.05, 0) is 52.9 Å². The van der Waals surface area contributed by atoms with Crippen LogP contribution in [0, 0.1) is 3.57 Å². The Labute approximate surface area is 135 Å². The number of rotatable bonds is 2. The Kier molecular flexibility index (Phi) is 3.87. The van der Waals surface area contributed by atoms with Gasteiger partial charge in [-0.2, -0.15) is 5.01 Å². The maximum Gasteiger partial charge on any atom is 0.243 e. The summed E-state index contributed by atoms with van der Waals surface area (Å²) in [5.41, 5.74) is 1.69. The van der Waals surface area contributed by atoms with E-state index in [4.69, 9.17) is 4.74 Å². The van der Waals surface area contributed by atoms with Crippen LogP contribution in [0.15, 0.2) is 53.9 Å². The van der Waals surface area contributed by atoms with Gasteiger partial charge in [0.2, 0.25) is 18.0 Å². The van der Waals surface area contributed by atoms with Crippen molar-refractivity contribution < 1.29 is 9.53 Å². The van der Waals surface area contributed by atoms with Crippen LogP contribution in [0.4, 0.5) is 0 Å². The minimum absolute atomic E-state index is 0.169. The van der Waals surface area contributed by atoms with E-state index in [0.29, 0.717) is 5.90 Å². The van der Waals surface area contributed by atoms with Crippen molar-refractivity contribution >= 4 is 34.4 Å². The molecule has 0 aliphatic carbocycles. The highest BCUT2D eigenvalue weighted by Crippen LogP contribution is 2.30. The van der Waals surface area contributed by atoms with Gasteiger partial charge < -0.3 is 4.74 Å². The Hall–Kier alpha value is -1.96. The summed E-state index contributed by atoms with van der Waals surface area (Å²) in [7, 11) is 0. The fourth-order valence-corrected chi connectivity index (χ4v) is 2.59. The molecule has 1 aliphatic rings. The Balaban J connectivity index is 1.95. The molecule has 1 aliphatic heterocycles. The summed E-state index contributed by atoms with van der Waals surface area (Å²) >= 11 is 2.23. The molecule has 21 heavy (non-hydrogen) atoms. The molecular formula is C15H12IN3O2. The molecule has 1 amide bonds. The molecule has 1 atom stereocenters. The number of halogens is 1. The van der Waals surface area contributed by atoms with Gasteiger partial charge in [0, 0.05) is 34.0 Å². The van der Waals surface area contributed by atoms with Crippen LogP contribution in [0.25, 0.3) is 0 Å². The van der Waals surface area contributed by atoms with Crippen molar-refractivity contribution in [2.45, 2.75) is 13.2 Å². The quantitative estimate of drug-likeness (QED) is 0.738. The van der Waals surface area contributed by atoms with Crippen LogP contribution in [0.5, 0.6) is 0 Å². The maximum atomic E-state index is 11.8. The smallest absolute Gasteiger partial charge is 0.243 e. The van der Waals surface area contributed by atoms with E-state index in [-0.39, 0.29) is 5.91 Å². The van der Waals surface area contributed by atoms with Crippen LogP contribution in [0.2, 0.25) is 0 Å². The van der Waals surface area contributed by atoms with Gasteiger partial charge in [-0.1, -0.05) is 6.07 Å². The van der Waals surface area contributed by atoms with Crippen LogP contribution < -0.4 is 0 Å². The Morgan fingerprint density at radius 3 is 2.71 bits per heavy atom. The lowest BCUT2D eigenvalue weighted by molar-refractivity contribution is -0.135. The number of hydrogen-bond donors (Lipinski definition) is 0. The monoisotopic (exact) mass is 393 g/mol. The van der Waals surface area contributed by atoms with Crippen molar-refractivity contribution in [1.82, 2.24) is 9.99 Å². The number of pyridine rings is 1. The van der Waals surface area contributed by atoms with Crippen molar-refractivity contribution in [3.05, 3.63) is 63.5 Å². The third kappa shape index (κ3) is 2.90. The molecule has 0 N–H and O–H groups in total. The van der Waals surface area contributed by atoms with Crippen LogP contribution in [0.1, 0.15) is 24.3 Å². The largest absolute Gasteiger partial charge is 0.446 e. The van der Waals surface area contributed by atoms with Gasteiger partial charge in [-0.25, -0.2) is 0 Å². The van der Waals surface area contributed by atoms with E-state index in [0.717, 1.165) is 14.7 Å². The summed E-state index contributed by atoms with van der Waals surface area (Å²) in [6.07, 6.45) is 2.79. The SMILES string of the molecule is CC(=O)N1N=C(c2cccc(I)c2)OC1c1ccncc1. The molecule has 2 heterocycles. The molecular weight excluding hydrogens is 381 g/mol. The van der Waals surface area contributed by atoms with Gasteiger partial charge in [0.25, 0.3) is 0 Å². The van der Waals surface area contributed by atoms with Gasteiger partial charge in [0.05, 0.1) is 0 Å². The molecule has 0 saturated heterocycles. The predicted molar refractivity (Wildman–Crippen MR) is 86.3 cm³/mol. The van der Waals surface area contributed by atoms with Crippen LogP contribution >= 0.6 is 22.6 Å². The summed E-state index contributed by atoms with van der Waals surface area (Å²) < 4.78 is 6.97. The molecule has 3 rings (SSSR count). The minimum atomic E-state index is -0.543. The first-order valence-corrected chi connectivity index (χ1v) is 7.44. The minimum Gasteiger partial charge on any atom is -0.446 e. The summed E-state index contributed by atoms with van der Waals surface area (Å²) in [4.78, 5) is 15.8. The van der Waals surface area contributed by atoms with Gasteiger partial charge in [-0.3, -0.25) is 9.78 Å². The molecule has 0 spiro atoms. The number of benzene rings is 1. The lowest BCUT2D eigenvalue weighted by Crippen LogP contribution is -2.25. The molecule has 0 saturated carbocycles.